The first-order chi connectivity index (χ1) is 8.54. The third-order valence-electron chi connectivity index (χ3n) is 3.16. The van der Waals surface area contributed by atoms with Crippen molar-refractivity contribution in [2.24, 2.45) is 5.73 Å². The summed E-state index contributed by atoms with van der Waals surface area (Å²) in [5.41, 5.74) is 9.61. The molecule has 1 heterocycles. The van der Waals surface area contributed by atoms with Crippen molar-refractivity contribution in [2.75, 3.05) is 19.7 Å². The minimum Gasteiger partial charge on any atom is -0.391 e. The molecule has 4 heteroatoms. The highest BCUT2D eigenvalue weighted by Gasteiger charge is 2.22. The van der Waals surface area contributed by atoms with Gasteiger partial charge in [-0.3, -0.25) is 4.90 Å². The van der Waals surface area contributed by atoms with Crippen molar-refractivity contribution in [1.29, 1.82) is 0 Å². The summed E-state index contributed by atoms with van der Waals surface area (Å²) in [6.45, 7) is 7.63. The van der Waals surface area contributed by atoms with Crippen molar-refractivity contribution in [3.05, 3.63) is 34.9 Å². The zero-order valence-electron chi connectivity index (χ0n) is 11.0. The molecule has 1 saturated heterocycles. The van der Waals surface area contributed by atoms with E-state index in [-0.39, 0.29) is 6.10 Å². The molecular weight excluding hydrogens is 244 g/mol. The van der Waals surface area contributed by atoms with Crippen molar-refractivity contribution >= 4 is 17.2 Å². The molecule has 0 spiro atoms. The molecule has 18 heavy (non-hydrogen) atoms. The topological polar surface area (TPSA) is 38.5 Å². The standard InChI is InChI=1S/C14H20N2OS/c1-10-5-11(2)7-12(6-10)8-16-3-4-17-13(9-16)14(15)18/h5-7,13H,3-4,8-9H2,1-2H3,(H2,15,18). The number of benzene rings is 1. The predicted octanol–water partition coefficient (Wildman–Crippen LogP) is 1.79. The SMILES string of the molecule is Cc1cc(C)cc(CN2CCOC(C(N)=S)C2)c1. The van der Waals surface area contributed by atoms with E-state index in [9.17, 15) is 0 Å². The van der Waals surface area contributed by atoms with E-state index in [1.165, 1.54) is 16.7 Å². The lowest BCUT2D eigenvalue weighted by Crippen LogP contribution is -2.47. The van der Waals surface area contributed by atoms with Crippen molar-refractivity contribution in [3.63, 3.8) is 0 Å². The van der Waals surface area contributed by atoms with Crippen LogP contribution in [-0.2, 0) is 11.3 Å². The molecule has 3 nitrogen and oxygen atoms in total. The monoisotopic (exact) mass is 264 g/mol. The van der Waals surface area contributed by atoms with E-state index in [0.717, 1.165) is 19.6 Å². The number of hydrogen-bond donors (Lipinski definition) is 1. The highest BCUT2D eigenvalue weighted by Crippen LogP contribution is 2.14. The van der Waals surface area contributed by atoms with Gasteiger partial charge in [-0.2, -0.15) is 0 Å². The number of thiocarbonyl (C=S) groups is 1. The van der Waals surface area contributed by atoms with Crippen LogP contribution in [0.5, 0.6) is 0 Å². The fourth-order valence-electron chi connectivity index (χ4n) is 2.44. The molecule has 1 aliphatic rings. The van der Waals surface area contributed by atoms with E-state index < -0.39 is 0 Å². The summed E-state index contributed by atoms with van der Waals surface area (Å²) in [5.74, 6) is 0. The second-order valence-electron chi connectivity index (χ2n) is 4.99. The summed E-state index contributed by atoms with van der Waals surface area (Å²) in [6, 6.07) is 6.66. The molecule has 0 amide bonds. The van der Waals surface area contributed by atoms with Gasteiger partial charge in [0.2, 0.25) is 0 Å². The molecule has 1 aliphatic heterocycles. The van der Waals surface area contributed by atoms with Crippen molar-refractivity contribution in [1.82, 2.24) is 4.90 Å². The van der Waals surface area contributed by atoms with Crippen molar-refractivity contribution < 1.29 is 4.74 Å². The number of nitrogens with two attached hydrogens (primary N) is 1. The Morgan fingerprint density at radius 2 is 2.06 bits per heavy atom. The van der Waals surface area contributed by atoms with Crippen LogP contribution in [0.3, 0.4) is 0 Å². The highest BCUT2D eigenvalue weighted by atomic mass is 32.1. The van der Waals surface area contributed by atoms with E-state index in [2.05, 4.69) is 36.9 Å². The van der Waals surface area contributed by atoms with Gasteiger partial charge in [-0.25, -0.2) is 0 Å². The van der Waals surface area contributed by atoms with Crippen LogP contribution in [0.25, 0.3) is 0 Å². The lowest BCUT2D eigenvalue weighted by molar-refractivity contribution is 0.00390. The van der Waals surface area contributed by atoms with Gasteiger partial charge in [0.25, 0.3) is 0 Å². The van der Waals surface area contributed by atoms with Crippen LogP contribution < -0.4 is 5.73 Å². The minimum atomic E-state index is -0.0975. The van der Waals surface area contributed by atoms with E-state index in [0.29, 0.717) is 11.6 Å². The Balaban J connectivity index is 2.02. The average molecular weight is 264 g/mol. The summed E-state index contributed by atoms with van der Waals surface area (Å²) in [7, 11) is 0. The Bertz CT molecular complexity index is 427. The third kappa shape index (κ3) is 3.51. The number of morpholine rings is 1. The summed E-state index contributed by atoms with van der Waals surface area (Å²) >= 11 is 5.00. The minimum absolute atomic E-state index is 0.0975. The number of hydrogen-bond acceptors (Lipinski definition) is 3. The summed E-state index contributed by atoms with van der Waals surface area (Å²) in [6.07, 6.45) is -0.0975. The van der Waals surface area contributed by atoms with E-state index in [1.54, 1.807) is 0 Å². The molecule has 98 valence electrons. The Hall–Kier alpha value is -0.970. The molecule has 2 N–H and O–H groups in total. The molecule has 0 radical (unpaired) electrons. The van der Waals surface area contributed by atoms with Gasteiger partial charge in [0, 0.05) is 19.6 Å². The zero-order valence-corrected chi connectivity index (χ0v) is 11.8. The first-order valence-corrected chi connectivity index (χ1v) is 6.66. The summed E-state index contributed by atoms with van der Waals surface area (Å²) < 4.78 is 5.55. The van der Waals surface area contributed by atoms with Gasteiger partial charge >= 0.3 is 0 Å². The molecule has 0 aliphatic carbocycles. The average Bonchev–Trinajstić information content (AvgIpc) is 2.27. The van der Waals surface area contributed by atoms with Crippen molar-refractivity contribution in [2.45, 2.75) is 26.5 Å². The molecule has 1 atom stereocenters. The molecule has 0 bridgehead atoms. The van der Waals surface area contributed by atoms with E-state index in [4.69, 9.17) is 22.7 Å². The maximum atomic E-state index is 5.65. The quantitative estimate of drug-likeness (QED) is 0.845. The van der Waals surface area contributed by atoms with Gasteiger partial charge in [0.1, 0.15) is 11.1 Å². The molecule has 1 unspecified atom stereocenters. The molecule has 0 aromatic heterocycles. The largest absolute Gasteiger partial charge is 0.391 e. The van der Waals surface area contributed by atoms with Gasteiger partial charge in [-0.1, -0.05) is 41.5 Å². The molecule has 1 aromatic carbocycles. The lowest BCUT2D eigenvalue weighted by Gasteiger charge is -2.32. The zero-order chi connectivity index (χ0) is 13.1. The highest BCUT2D eigenvalue weighted by molar-refractivity contribution is 7.80. The fourth-order valence-corrected chi connectivity index (χ4v) is 2.58. The molecule has 1 fully saturated rings. The normalized spacial score (nSPS) is 20.9. The van der Waals surface area contributed by atoms with Crippen LogP contribution in [0.1, 0.15) is 16.7 Å². The number of nitrogens with zero attached hydrogens (tertiary/aromatic N) is 1. The van der Waals surface area contributed by atoms with Gasteiger partial charge in [0.05, 0.1) is 6.61 Å². The smallest absolute Gasteiger partial charge is 0.120 e. The Labute approximate surface area is 114 Å². The van der Waals surface area contributed by atoms with Crippen LogP contribution in [0.15, 0.2) is 18.2 Å². The number of rotatable bonds is 3. The first kappa shape index (κ1) is 13.5. The maximum Gasteiger partial charge on any atom is 0.120 e. The van der Waals surface area contributed by atoms with Gasteiger partial charge in [0.15, 0.2) is 0 Å². The fraction of sp³-hybridized carbons (Fsp3) is 0.500. The molecule has 2 rings (SSSR count). The summed E-state index contributed by atoms with van der Waals surface area (Å²) in [4.78, 5) is 2.81. The van der Waals surface area contributed by atoms with Crippen LogP contribution in [-0.4, -0.2) is 35.7 Å². The van der Waals surface area contributed by atoms with Gasteiger partial charge in [-0.15, -0.1) is 0 Å². The lowest BCUT2D eigenvalue weighted by atomic mass is 10.1. The Morgan fingerprint density at radius 1 is 1.39 bits per heavy atom. The first-order valence-electron chi connectivity index (χ1n) is 6.25. The number of ether oxygens (including phenoxy) is 1. The molecular formula is C14H20N2OS. The Kier molecular flexibility index (Phi) is 4.32. The van der Waals surface area contributed by atoms with E-state index in [1.807, 2.05) is 0 Å². The van der Waals surface area contributed by atoms with Gasteiger partial charge < -0.3 is 10.5 Å². The van der Waals surface area contributed by atoms with E-state index >= 15 is 0 Å². The molecule has 1 aromatic rings. The third-order valence-corrected chi connectivity index (χ3v) is 3.42. The Morgan fingerprint density at radius 3 is 2.67 bits per heavy atom. The second kappa shape index (κ2) is 5.78. The van der Waals surface area contributed by atoms with Gasteiger partial charge in [-0.05, 0) is 19.4 Å². The van der Waals surface area contributed by atoms with Crippen LogP contribution in [0.4, 0.5) is 0 Å². The molecule has 0 saturated carbocycles. The summed E-state index contributed by atoms with van der Waals surface area (Å²) in [5, 5.41) is 0. The maximum absolute atomic E-state index is 5.65. The van der Waals surface area contributed by atoms with Crippen LogP contribution in [0, 0.1) is 13.8 Å². The van der Waals surface area contributed by atoms with Crippen LogP contribution >= 0.6 is 12.2 Å². The van der Waals surface area contributed by atoms with Crippen molar-refractivity contribution in [3.8, 4) is 0 Å². The number of aryl methyl sites for hydroxylation is 2. The predicted molar refractivity (Wildman–Crippen MR) is 77.7 cm³/mol. The second-order valence-corrected chi connectivity index (χ2v) is 5.46. The van der Waals surface area contributed by atoms with Crippen LogP contribution in [0.2, 0.25) is 0 Å².